The van der Waals surface area contributed by atoms with Gasteiger partial charge in [-0.15, -0.1) is 0 Å². The van der Waals surface area contributed by atoms with Crippen LogP contribution in [0.3, 0.4) is 0 Å². The fraction of sp³-hybridized carbons (Fsp3) is 0.520. The minimum Gasteiger partial charge on any atom is -0.489 e. The summed E-state index contributed by atoms with van der Waals surface area (Å²) in [6, 6.07) is 17.2. The third-order valence-electron chi connectivity index (χ3n) is 7.13. The number of benzene rings is 2. The first kappa shape index (κ1) is 17.3. The Morgan fingerprint density at radius 3 is 2.22 bits per heavy atom. The van der Waals surface area contributed by atoms with Crippen LogP contribution in [0.25, 0.3) is 0 Å². The number of aryl methyl sites for hydroxylation is 1. The van der Waals surface area contributed by atoms with E-state index in [-0.39, 0.29) is 0 Å². The van der Waals surface area contributed by atoms with Gasteiger partial charge in [-0.1, -0.05) is 42.0 Å². The quantitative estimate of drug-likeness (QED) is 0.720. The zero-order valence-electron chi connectivity index (χ0n) is 16.4. The number of rotatable bonds is 6. The zero-order valence-corrected chi connectivity index (χ0v) is 16.4. The van der Waals surface area contributed by atoms with Crippen molar-refractivity contribution < 1.29 is 4.74 Å². The summed E-state index contributed by atoms with van der Waals surface area (Å²) in [6.07, 6.45) is 8.73. The molecule has 27 heavy (non-hydrogen) atoms. The lowest BCUT2D eigenvalue weighted by Gasteiger charge is -2.57. The van der Waals surface area contributed by atoms with Gasteiger partial charge in [0.05, 0.1) is 0 Å². The van der Waals surface area contributed by atoms with E-state index in [1.165, 1.54) is 55.2 Å². The van der Waals surface area contributed by atoms with Gasteiger partial charge in [0.15, 0.2) is 0 Å². The third kappa shape index (κ3) is 3.78. The van der Waals surface area contributed by atoms with Gasteiger partial charge in [0, 0.05) is 12.1 Å². The van der Waals surface area contributed by atoms with E-state index in [0.29, 0.717) is 12.1 Å². The highest BCUT2D eigenvalue weighted by Gasteiger charge is 2.50. The highest BCUT2D eigenvalue weighted by Crippen LogP contribution is 2.55. The first-order chi connectivity index (χ1) is 13.2. The Morgan fingerprint density at radius 2 is 1.56 bits per heavy atom. The number of hydrogen-bond donors (Lipinski definition) is 1. The van der Waals surface area contributed by atoms with E-state index in [9.17, 15) is 0 Å². The molecule has 0 aliphatic heterocycles. The molecule has 2 nitrogen and oxygen atoms in total. The molecular weight excluding hydrogens is 330 g/mol. The Morgan fingerprint density at radius 1 is 0.889 bits per heavy atom. The summed E-state index contributed by atoms with van der Waals surface area (Å²) >= 11 is 0. The molecule has 0 radical (unpaired) electrons. The highest BCUT2D eigenvalue weighted by atomic mass is 16.5. The van der Waals surface area contributed by atoms with Crippen LogP contribution in [-0.2, 0) is 13.2 Å². The van der Waals surface area contributed by atoms with E-state index in [2.05, 4.69) is 60.8 Å². The second kappa shape index (κ2) is 6.98. The van der Waals surface area contributed by atoms with Gasteiger partial charge in [-0.25, -0.2) is 0 Å². The van der Waals surface area contributed by atoms with Crippen LogP contribution in [0.2, 0.25) is 0 Å². The number of ether oxygens (including phenoxy) is 1. The maximum Gasteiger partial charge on any atom is 0.120 e. The SMILES string of the molecule is Cc1ccc(COc2cccc(CNC34CC5CC(CC(C5)C3)C4)c2)cc1. The minimum atomic E-state index is 0.424. The summed E-state index contributed by atoms with van der Waals surface area (Å²) in [6.45, 7) is 3.71. The summed E-state index contributed by atoms with van der Waals surface area (Å²) < 4.78 is 6.04. The Labute approximate surface area is 163 Å². The molecule has 6 rings (SSSR count). The van der Waals surface area contributed by atoms with Gasteiger partial charge in [0.2, 0.25) is 0 Å². The second-order valence-electron chi connectivity index (χ2n) is 9.47. The molecular formula is C25H31NO. The molecule has 1 N–H and O–H groups in total. The van der Waals surface area contributed by atoms with Crippen LogP contribution in [0, 0.1) is 24.7 Å². The third-order valence-corrected chi connectivity index (χ3v) is 7.13. The first-order valence-corrected chi connectivity index (χ1v) is 10.7. The maximum atomic E-state index is 6.04. The molecule has 4 aliphatic carbocycles. The Bertz CT molecular complexity index is 759. The lowest BCUT2D eigenvalue weighted by atomic mass is 9.53. The first-order valence-electron chi connectivity index (χ1n) is 10.7. The van der Waals surface area contributed by atoms with Crippen LogP contribution in [0.15, 0.2) is 48.5 Å². The fourth-order valence-electron chi connectivity index (χ4n) is 6.21. The van der Waals surface area contributed by atoms with Crippen LogP contribution in [-0.4, -0.2) is 5.54 Å². The van der Waals surface area contributed by atoms with Crippen molar-refractivity contribution >= 4 is 0 Å². The molecule has 4 bridgehead atoms. The largest absolute Gasteiger partial charge is 0.489 e. The van der Waals surface area contributed by atoms with Gasteiger partial charge < -0.3 is 10.1 Å². The molecule has 4 aliphatic rings. The Balaban J connectivity index is 1.20. The molecule has 142 valence electrons. The lowest BCUT2D eigenvalue weighted by Crippen LogP contribution is -2.58. The molecule has 0 atom stereocenters. The van der Waals surface area contributed by atoms with Crippen molar-refractivity contribution in [3.8, 4) is 5.75 Å². The van der Waals surface area contributed by atoms with Gasteiger partial charge in [-0.3, -0.25) is 0 Å². The number of hydrogen-bond acceptors (Lipinski definition) is 2. The average molecular weight is 362 g/mol. The van der Waals surface area contributed by atoms with Crippen molar-refractivity contribution in [1.82, 2.24) is 5.32 Å². The van der Waals surface area contributed by atoms with Crippen LogP contribution >= 0.6 is 0 Å². The summed E-state index contributed by atoms with van der Waals surface area (Å²) in [5.41, 5.74) is 4.27. The van der Waals surface area contributed by atoms with Crippen molar-refractivity contribution in [1.29, 1.82) is 0 Å². The zero-order chi connectivity index (χ0) is 18.3. The van der Waals surface area contributed by atoms with E-state index in [1.54, 1.807) is 0 Å². The normalized spacial score (nSPS) is 31.2. The molecule has 0 unspecified atom stereocenters. The molecule has 2 heteroatoms. The Hall–Kier alpha value is -1.80. The monoisotopic (exact) mass is 361 g/mol. The van der Waals surface area contributed by atoms with Crippen LogP contribution in [0.4, 0.5) is 0 Å². The molecule has 2 aromatic rings. The summed E-state index contributed by atoms with van der Waals surface area (Å²) in [5.74, 6) is 3.95. The van der Waals surface area contributed by atoms with Gasteiger partial charge >= 0.3 is 0 Å². The van der Waals surface area contributed by atoms with Crippen LogP contribution < -0.4 is 10.1 Å². The predicted molar refractivity (Wildman–Crippen MR) is 110 cm³/mol. The van der Waals surface area contributed by atoms with E-state index >= 15 is 0 Å². The Kier molecular flexibility index (Phi) is 4.47. The van der Waals surface area contributed by atoms with E-state index in [1.807, 2.05) is 0 Å². The van der Waals surface area contributed by atoms with E-state index in [4.69, 9.17) is 4.74 Å². The predicted octanol–water partition coefficient (Wildman–Crippen LogP) is 5.63. The molecule has 0 spiro atoms. The van der Waals surface area contributed by atoms with Crippen molar-refractivity contribution in [3.05, 3.63) is 65.2 Å². The molecule has 0 saturated heterocycles. The molecule has 0 amide bonds. The highest BCUT2D eigenvalue weighted by molar-refractivity contribution is 5.29. The number of nitrogens with one attached hydrogen (secondary N) is 1. The summed E-state index contributed by atoms with van der Waals surface area (Å²) in [4.78, 5) is 0. The minimum absolute atomic E-state index is 0.424. The molecule has 0 heterocycles. The van der Waals surface area contributed by atoms with Crippen molar-refractivity contribution in [3.63, 3.8) is 0 Å². The van der Waals surface area contributed by atoms with Crippen molar-refractivity contribution in [2.75, 3.05) is 0 Å². The van der Waals surface area contributed by atoms with Crippen molar-refractivity contribution in [2.24, 2.45) is 17.8 Å². The fourth-order valence-corrected chi connectivity index (χ4v) is 6.21. The van der Waals surface area contributed by atoms with Crippen LogP contribution in [0.5, 0.6) is 5.75 Å². The molecule has 4 fully saturated rings. The molecule has 0 aromatic heterocycles. The van der Waals surface area contributed by atoms with Gasteiger partial charge in [-0.2, -0.15) is 0 Å². The second-order valence-corrected chi connectivity index (χ2v) is 9.47. The van der Waals surface area contributed by atoms with Gasteiger partial charge in [-0.05, 0) is 86.5 Å². The molecule has 2 aromatic carbocycles. The summed E-state index contributed by atoms with van der Waals surface area (Å²) in [5, 5.41) is 4.00. The van der Waals surface area contributed by atoms with Crippen molar-refractivity contribution in [2.45, 2.75) is 64.1 Å². The van der Waals surface area contributed by atoms with E-state index < -0.39 is 0 Å². The van der Waals surface area contributed by atoms with Gasteiger partial charge in [0.25, 0.3) is 0 Å². The summed E-state index contributed by atoms with van der Waals surface area (Å²) in [7, 11) is 0. The maximum absolute atomic E-state index is 6.04. The van der Waals surface area contributed by atoms with E-state index in [0.717, 1.165) is 30.0 Å². The topological polar surface area (TPSA) is 21.3 Å². The van der Waals surface area contributed by atoms with Crippen LogP contribution in [0.1, 0.15) is 55.2 Å². The van der Waals surface area contributed by atoms with Gasteiger partial charge in [0.1, 0.15) is 12.4 Å². The average Bonchev–Trinajstić information content (AvgIpc) is 2.65. The standard InChI is InChI=1S/C25H31NO/c1-18-5-7-19(8-6-18)17-27-24-4-2-3-20(12-24)16-26-25-13-21-9-22(14-25)11-23(10-21)15-25/h2-8,12,21-23,26H,9-11,13-17H2,1H3. The lowest BCUT2D eigenvalue weighted by molar-refractivity contribution is -0.0206. The smallest absolute Gasteiger partial charge is 0.120 e. The molecule has 4 saturated carbocycles.